The number of aromatic nitrogens is 1. The molecule has 1 aliphatic rings. The number of carbonyl (C=O) groups is 1. The van der Waals surface area contributed by atoms with Crippen LogP contribution in [-0.2, 0) is 19.6 Å². The lowest BCUT2D eigenvalue weighted by Crippen LogP contribution is -2.42. The van der Waals surface area contributed by atoms with Crippen molar-refractivity contribution in [1.29, 1.82) is 0 Å². The molecule has 0 radical (unpaired) electrons. The number of esters is 1. The molecule has 1 fully saturated rings. The number of aromatic amines is 1. The van der Waals surface area contributed by atoms with Crippen LogP contribution in [-0.4, -0.2) is 43.9 Å². The van der Waals surface area contributed by atoms with E-state index in [0.717, 1.165) is 0 Å². The maximum atomic E-state index is 12.5. The lowest BCUT2D eigenvalue weighted by molar-refractivity contribution is -0.146. The first kappa shape index (κ1) is 15.2. The Labute approximate surface area is 120 Å². The molecular formula is C11H16N2O5S2. The third-order valence-corrected chi connectivity index (χ3v) is 6.72. The summed E-state index contributed by atoms with van der Waals surface area (Å²) in [5.74, 6) is -0.844. The molecule has 2 rings (SSSR count). The average molecular weight is 320 g/mol. The summed E-state index contributed by atoms with van der Waals surface area (Å²) in [6.45, 7) is 1.99. The Balaban J connectivity index is 2.28. The maximum absolute atomic E-state index is 12.5. The average Bonchev–Trinajstić information content (AvgIpc) is 2.77. The zero-order valence-electron chi connectivity index (χ0n) is 11.2. The number of rotatable bonds is 3. The van der Waals surface area contributed by atoms with Crippen LogP contribution in [0.5, 0.6) is 0 Å². The van der Waals surface area contributed by atoms with Gasteiger partial charge in [0.2, 0.25) is 0 Å². The van der Waals surface area contributed by atoms with Gasteiger partial charge in [0.15, 0.2) is 4.21 Å². The van der Waals surface area contributed by atoms with Gasteiger partial charge in [0.1, 0.15) is 0 Å². The van der Waals surface area contributed by atoms with Crippen molar-refractivity contribution in [2.75, 3.05) is 20.2 Å². The van der Waals surface area contributed by atoms with Gasteiger partial charge in [0.25, 0.3) is 10.0 Å². The van der Waals surface area contributed by atoms with Gasteiger partial charge < -0.3 is 9.72 Å². The first-order valence-electron chi connectivity index (χ1n) is 6.14. The molecular weight excluding hydrogens is 304 g/mol. The summed E-state index contributed by atoms with van der Waals surface area (Å²) in [6, 6.07) is 0. The van der Waals surface area contributed by atoms with E-state index in [9.17, 15) is 18.0 Å². The fourth-order valence-electron chi connectivity index (χ4n) is 2.27. The predicted octanol–water partition coefficient (Wildman–Crippen LogP) is 0.319. The van der Waals surface area contributed by atoms with E-state index in [4.69, 9.17) is 0 Å². The fraction of sp³-hybridized carbons (Fsp3) is 0.636. The highest BCUT2D eigenvalue weighted by atomic mass is 32.2. The van der Waals surface area contributed by atoms with Crippen LogP contribution >= 0.6 is 11.3 Å². The minimum atomic E-state index is -3.73. The van der Waals surface area contributed by atoms with Crippen LogP contribution in [0.1, 0.15) is 18.5 Å². The van der Waals surface area contributed by atoms with Crippen LogP contribution in [0, 0.1) is 12.8 Å². The lowest BCUT2D eigenvalue weighted by Gasteiger charge is -2.30. The van der Waals surface area contributed by atoms with Gasteiger partial charge in [-0.2, -0.15) is 4.31 Å². The van der Waals surface area contributed by atoms with Crippen LogP contribution in [0.25, 0.3) is 0 Å². The number of methoxy groups -OCH3 is 1. The van der Waals surface area contributed by atoms with Crippen molar-refractivity contribution < 1.29 is 17.9 Å². The number of sulfonamides is 1. The Kier molecular flexibility index (Phi) is 4.31. The van der Waals surface area contributed by atoms with E-state index < -0.39 is 26.8 Å². The predicted molar refractivity (Wildman–Crippen MR) is 73.2 cm³/mol. The molecule has 0 bridgehead atoms. The quantitative estimate of drug-likeness (QED) is 0.809. The van der Waals surface area contributed by atoms with Gasteiger partial charge in [0, 0.05) is 18.8 Å². The molecule has 1 N–H and O–H groups in total. The zero-order chi connectivity index (χ0) is 14.9. The number of carbonyl (C=O) groups excluding carboxylic acids is 1. The van der Waals surface area contributed by atoms with Gasteiger partial charge in [-0.3, -0.25) is 9.59 Å². The highest BCUT2D eigenvalue weighted by Crippen LogP contribution is 2.26. The number of H-pyrrole nitrogens is 1. The molecule has 0 spiro atoms. The summed E-state index contributed by atoms with van der Waals surface area (Å²) in [6.07, 6.45) is 1.21. The number of piperidine rings is 1. The smallest absolute Gasteiger partial charge is 0.309 e. The number of nitrogens with zero attached hydrogens (tertiary/aromatic N) is 1. The van der Waals surface area contributed by atoms with Crippen LogP contribution < -0.4 is 4.87 Å². The Hall–Kier alpha value is -1.19. The summed E-state index contributed by atoms with van der Waals surface area (Å²) < 4.78 is 31.0. The third kappa shape index (κ3) is 2.79. The number of aryl methyl sites for hydroxylation is 1. The largest absolute Gasteiger partial charge is 0.469 e. The van der Waals surface area contributed by atoms with Crippen molar-refractivity contribution >= 4 is 27.3 Å². The number of nitrogens with one attached hydrogen (secondary N) is 1. The molecule has 0 aliphatic carbocycles. The van der Waals surface area contributed by atoms with Crippen molar-refractivity contribution in [3.05, 3.63) is 15.4 Å². The van der Waals surface area contributed by atoms with Gasteiger partial charge in [-0.05, 0) is 19.8 Å². The van der Waals surface area contributed by atoms with Gasteiger partial charge >= 0.3 is 10.8 Å². The second-order valence-corrected chi connectivity index (χ2v) is 7.77. The lowest BCUT2D eigenvalue weighted by atomic mass is 10.0. The first-order chi connectivity index (χ1) is 9.36. The van der Waals surface area contributed by atoms with Gasteiger partial charge in [0.05, 0.1) is 13.0 Å². The minimum absolute atomic E-state index is 0.0213. The number of hydrogen-bond acceptors (Lipinski definition) is 6. The molecule has 0 saturated carbocycles. The molecule has 1 aromatic rings. The van der Waals surface area contributed by atoms with Crippen molar-refractivity contribution in [3.63, 3.8) is 0 Å². The summed E-state index contributed by atoms with van der Waals surface area (Å²) in [4.78, 5) is 24.9. The zero-order valence-corrected chi connectivity index (χ0v) is 12.8. The standard InChI is InChI=1S/C11H16N2O5S2/c1-7-10(19-11(15)12-7)20(16,17)13-5-3-4-8(6-13)9(14)18-2/h8H,3-6H2,1-2H3,(H,12,15)/t8-/m0/s1. The normalized spacial score (nSPS) is 20.8. The van der Waals surface area contributed by atoms with Gasteiger partial charge in [-0.1, -0.05) is 11.3 Å². The number of thiazole rings is 1. The summed E-state index contributed by atoms with van der Waals surface area (Å²) in [5, 5.41) is 0. The molecule has 0 amide bonds. The topological polar surface area (TPSA) is 96.5 Å². The Morgan fingerprint density at radius 1 is 1.50 bits per heavy atom. The molecule has 1 atom stereocenters. The molecule has 1 aromatic heterocycles. The molecule has 2 heterocycles. The van der Waals surface area contributed by atoms with Crippen LogP contribution in [0.3, 0.4) is 0 Å². The number of hydrogen-bond donors (Lipinski definition) is 1. The second kappa shape index (κ2) is 5.66. The van der Waals surface area contributed by atoms with Crippen molar-refractivity contribution in [1.82, 2.24) is 9.29 Å². The van der Waals surface area contributed by atoms with E-state index in [1.54, 1.807) is 6.92 Å². The Bertz CT molecular complexity index is 661. The van der Waals surface area contributed by atoms with Gasteiger partial charge in [-0.15, -0.1) is 0 Å². The van der Waals surface area contributed by atoms with Gasteiger partial charge in [-0.25, -0.2) is 8.42 Å². The van der Waals surface area contributed by atoms with E-state index in [2.05, 4.69) is 9.72 Å². The highest BCUT2D eigenvalue weighted by molar-refractivity contribution is 7.91. The van der Waals surface area contributed by atoms with E-state index in [-0.39, 0.29) is 10.8 Å². The van der Waals surface area contributed by atoms with E-state index in [1.165, 1.54) is 11.4 Å². The summed E-state index contributed by atoms with van der Waals surface area (Å²) in [5.41, 5.74) is 0.334. The SMILES string of the molecule is COC(=O)[C@H]1CCCN(S(=O)(=O)c2sc(=O)[nH]c2C)C1. The van der Waals surface area contributed by atoms with E-state index in [0.29, 0.717) is 36.4 Å². The van der Waals surface area contributed by atoms with E-state index in [1.807, 2.05) is 0 Å². The van der Waals surface area contributed by atoms with Crippen LogP contribution in [0.4, 0.5) is 0 Å². The fourth-order valence-corrected chi connectivity index (χ4v) is 5.23. The second-order valence-electron chi connectivity index (χ2n) is 4.65. The summed E-state index contributed by atoms with van der Waals surface area (Å²) in [7, 11) is -2.44. The third-order valence-electron chi connectivity index (χ3n) is 3.27. The van der Waals surface area contributed by atoms with E-state index >= 15 is 0 Å². The Morgan fingerprint density at radius 2 is 2.20 bits per heavy atom. The van der Waals surface area contributed by atoms with Crippen molar-refractivity contribution in [3.8, 4) is 0 Å². The maximum Gasteiger partial charge on any atom is 0.309 e. The molecule has 0 aromatic carbocycles. The highest BCUT2D eigenvalue weighted by Gasteiger charge is 2.35. The summed E-state index contributed by atoms with van der Waals surface area (Å²) >= 11 is 0.673. The molecule has 1 aliphatic heterocycles. The van der Waals surface area contributed by atoms with Crippen LogP contribution in [0.2, 0.25) is 0 Å². The Morgan fingerprint density at radius 3 is 2.75 bits per heavy atom. The molecule has 20 heavy (non-hydrogen) atoms. The molecule has 1 saturated heterocycles. The molecule has 0 unspecified atom stereocenters. The van der Waals surface area contributed by atoms with Crippen LogP contribution in [0.15, 0.2) is 9.00 Å². The number of ether oxygens (including phenoxy) is 1. The van der Waals surface area contributed by atoms with Crippen molar-refractivity contribution in [2.24, 2.45) is 5.92 Å². The monoisotopic (exact) mass is 320 g/mol. The first-order valence-corrected chi connectivity index (χ1v) is 8.39. The molecule has 112 valence electrons. The molecule has 9 heteroatoms. The van der Waals surface area contributed by atoms with Crippen molar-refractivity contribution in [2.45, 2.75) is 24.0 Å². The minimum Gasteiger partial charge on any atom is -0.469 e. The molecule has 7 nitrogen and oxygen atoms in total.